The number of rotatable bonds is 15. The van der Waals surface area contributed by atoms with Gasteiger partial charge in [-0.05, 0) is 439 Å². The molecule has 0 aromatic heterocycles. The zero-order chi connectivity index (χ0) is 106. The molecule has 10 saturated carbocycles. The number of fused-ring (bicyclic) bond motifs is 25. The zero-order valence-corrected chi connectivity index (χ0v) is 87.1. The molecule has 0 heterocycles. The molecule has 25 heteroatoms. The summed E-state index contributed by atoms with van der Waals surface area (Å²) in [7, 11) is 0. The average molecular weight is 2010 g/mol. The Kier molecular flexibility index (Phi) is 29.3. The molecule has 784 valence electrons. The third-order valence-corrected chi connectivity index (χ3v) is 39.8. The number of aliphatic hydroxyl groups is 5. The highest BCUT2D eigenvalue weighted by molar-refractivity contribution is 5.89. The summed E-state index contributed by atoms with van der Waals surface area (Å²) in [5.74, 6) is 16.8. The largest absolute Gasteiger partial charge is 0.508 e. The number of carbonyl (C=O) groups excluding carboxylic acids is 6. The molecule has 5 aromatic carbocycles. The summed E-state index contributed by atoms with van der Waals surface area (Å²) < 4.78 is 33.3. The van der Waals surface area contributed by atoms with Gasteiger partial charge in [0, 0.05) is 27.1 Å². The average Bonchev–Trinajstić information content (AvgIpc) is 1.60. The molecule has 0 saturated heterocycles. The van der Waals surface area contributed by atoms with E-state index >= 15 is 0 Å². The molecule has 28 atom stereocenters. The number of esters is 4. The van der Waals surface area contributed by atoms with Crippen LogP contribution in [0.25, 0.3) is 0 Å². The molecule has 15 aliphatic carbocycles. The van der Waals surface area contributed by atoms with Crippen molar-refractivity contribution in [2.45, 2.75) is 375 Å². The number of carboxylic acids is 2. The Morgan fingerprint density at radius 3 is 0.884 bits per heavy atom. The molecule has 0 radical (unpaired) electrons. The van der Waals surface area contributed by atoms with Crippen molar-refractivity contribution in [1.29, 1.82) is 0 Å². The number of aryl methyl sites for hydroxylation is 5. The van der Waals surface area contributed by atoms with E-state index < -0.39 is 118 Å². The fourth-order valence-electron chi connectivity index (χ4n) is 31.9. The lowest BCUT2D eigenvalue weighted by Gasteiger charge is -2.52. The van der Waals surface area contributed by atoms with Gasteiger partial charge in [-0.15, -0.1) is 32.1 Å². The summed E-state index contributed by atoms with van der Waals surface area (Å²) in [6.07, 6.45) is 53.0. The van der Waals surface area contributed by atoms with Crippen LogP contribution in [0.5, 0.6) is 28.7 Å². The lowest BCUT2D eigenvalue weighted by Crippen LogP contribution is -2.50. The van der Waals surface area contributed by atoms with Crippen LogP contribution in [0.15, 0.2) is 91.0 Å². The Morgan fingerprint density at radius 1 is 0.354 bits per heavy atom. The van der Waals surface area contributed by atoms with Gasteiger partial charge in [-0.25, -0.2) is 24.0 Å². The maximum atomic E-state index is 13.8. The van der Waals surface area contributed by atoms with Gasteiger partial charge in [-0.2, -0.15) is 0 Å². The number of amides is 2. The minimum absolute atomic E-state index is 0.128. The van der Waals surface area contributed by atoms with Crippen LogP contribution in [0.2, 0.25) is 0 Å². The summed E-state index contributed by atoms with van der Waals surface area (Å²) in [6.45, 7) is 20.9. The summed E-state index contributed by atoms with van der Waals surface area (Å²) >= 11 is 0. The summed E-state index contributed by atoms with van der Waals surface area (Å²) in [5.41, 5.74) is 10.8. The van der Waals surface area contributed by atoms with Crippen molar-refractivity contribution in [2.24, 2.45) is 92.0 Å². The van der Waals surface area contributed by atoms with Crippen LogP contribution in [0.3, 0.4) is 0 Å². The van der Waals surface area contributed by atoms with E-state index in [2.05, 4.69) is 93.8 Å². The monoisotopic (exact) mass is 2010 g/mol. The first-order valence-corrected chi connectivity index (χ1v) is 53.7. The van der Waals surface area contributed by atoms with Gasteiger partial charge < -0.3 is 85.6 Å². The third-order valence-electron chi connectivity index (χ3n) is 39.8. The molecular formula is C122H149N3O22. The maximum Gasteiger partial charge on any atom is 0.408 e. The summed E-state index contributed by atoms with van der Waals surface area (Å²) in [5, 5.41) is 87.3. The number of phenols is 1. The molecule has 15 aliphatic rings. The smallest absolute Gasteiger partial charge is 0.408 e. The quantitative estimate of drug-likeness (QED) is 0.0263. The second kappa shape index (κ2) is 40.3. The number of nitrogens with two attached hydrogens (primary N) is 1. The van der Waals surface area contributed by atoms with E-state index in [9.17, 15) is 69.0 Å². The predicted molar refractivity (Wildman–Crippen MR) is 552 cm³/mol. The van der Waals surface area contributed by atoms with Crippen molar-refractivity contribution in [3.05, 3.63) is 147 Å². The maximum absolute atomic E-state index is 13.8. The van der Waals surface area contributed by atoms with Crippen LogP contribution in [0.1, 0.15) is 341 Å². The molecule has 0 aliphatic heterocycles. The normalized spacial score (nSPS) is 35.7. The van der Waals surface area contributed by atoms with E-state index in [1.165, 1.54) is 44.5 Å². The highest BCUT2D eigenvalue weighted by Gasteiger charge is 2.67. The molecular weight excluding hydrogens is 1860 g/mol. The van der Waals surface area contributed by atoms with Gasteiger partial charge in [0.1, 0.15) is 86.1 Å². The number of aliphatic carboxylic acids is 2. The van der Waals surface area contributed by atoms with Crippen LogP contribution >= 0.6 is 0 Å². The van der Waals surface area contributed by atoms with Gasteiger partial charge >= 0.3 is 48.0 Å². The highest BCUT2D eigenvalue weighted by Crippen LogP contribution is 2.71. The van der Waals surface area contributed by atoms with Crippen LogP contribution in [-0.2, 0) is 70.3 Å². The predicted octanol–water partition coefficient (Wildman–Crippen LogP) is 18.3. The number of carbonyl (C=O) groups is 8. The van der Waals surface area contributed by atoms with Gasteiger partial charge in [0.2, 0.25) is 0 Å². The topological polar surface area (TPSA) is 404 Å². The lowest BCUT2D eigenvalue weighted by molar-refractivity contribution is -0.145. The number of carboxylic acid groups (broad SMARTS) is 2. The minimum atomic E-state index is -1.49. The minimum Gasteiger partial charge on any atom is -0.508 e. The van der Waals surface area contributed by atoms with Crippen LogP contribution in [0, 0.1) is 148 Å². The number of aromatic hydroxyl groups is 1. The number of terminal acetylenes is 5. The molecule has 10 fully saturated rings. The number of hydrogen-bond donors (Lipinski definition) is 11. The molecule has 12 N–H and O–H groups in total. The fourth-order valence-corrected chi connectivity index (χ4v) is 31.9. The van der Waals surface area contributed by atoms with E-state index in [4.69, 9.17) is 76.5 Å². The summed E-state index contributed by atoms with van der Waals surface area (Å²) in [4.78, 5) is 98.2. The van der Waals surface area contributed by atoms with Crippen LogP contribution in [0.4, 0.5) is 9.59 Å². The molecule has 17 unspecified atom stereocenters. The van der Waals surface area contributed by atoms with Gasteiger partial charge in [0.25, 0.3) is 0 Å². The number of benzene rings is 5. The SMILES string of the molecule is C#C[C@]1(O)CCC2C3CCc4cc(O)ccc4C3CC[C@@]21C.C#C[C@]1(O)CCC2C3CCc4cc(OC(=O)CC(N)C(=O)Oc5ccc6c(c5)CCC5C6CC[C@@]6(C)C5CC[C@@]6(O)C#C)ccc4C3CC[C@@]21C.C#C[C@]1(O)CCC2C3CCc4cc(OC(=O)CC(NC(=O)OC(C)(C)C)C(=O)Oc5ccc6c(c5)CCC5C6CC[C@@]6(C)C5CC[C@@]6(O)C#C)ccc4C3CC[C@@]21C.CC(C)(C)OC(=O)N[C@@H](CC(=O)O)C(=O)O. The molecule has 5 aromatic rings. The fraction of sp³-hybridized carbons (Fsp3) is 0.607. The molecule has 25 nitrogen and oxygen atoms in total. The van der Waals surface area contributed by atoms with E-state index in [0.717, 1.165) is 178 Å². The number of phenolic OH excluding ortho intramolecular Hbond substituents is 1. The third kappa shape index (κ3) is 19.8. The number of alkyl carbamates (subject to hydrolysis) is 2. The van der Waals surface area contributed by atoms with Crippen molar-refractivity contribution in [3.63, 3.8) is 0 Å². The van der Waals surface area contributed by atoms with E-state index in [1.54, 1.807) is 53.7 Å². The lowest BCUT2D eigenvalue weighted by atomic mass is 9.53. The molecule has 0 bridgehead atoms. The summed E-state index contributed by atoms with van der Waals surface area (Å²) in [6, 6.07) is 25.1. The second-order valence-corrected chi connectivity index (χ2v) is 49.0. The van der Waals surface area contributed by atoms with E-state index in [-0.39, 0.29) is 33.5 Å². The Balaban J connectivity index is 0.000000149. The number of ether oxygens (including phenoxy) is 6. The van der Waals surface area contributed by atoms with Crippen molar-refractivity contribution in [1.82, 2.24) is 10.6 Å². The van der Waals surface area contributed by atoms with Crippen LogP contribution in [-0.4, -0.2) is 146 Å². The van der Waals surface area contributed by atoms with E-state index in [0.29, 0.717) is 143 Å². The number of nitrogens with one attached hydrogen (secondary N) is 2. The first kappa shape index (κ1) is 107. The van der Waals surface area contributed by atoms with Gasteiger partial charge in [0.15, 0.2) is 0 Å². The van der Waals surface area contributed by atoms with Crippen molar-refractivity contribution >= 4 is 48.0 Å². The van der Waals surface area contributed by atoms with Gasteiger partial charge in [-0.3, -0.25) is 14.4 Å². The molecule has 2 amide bonds. The molecule has 0 spiro atoms. The molecule has 147 heavy (non-hydrogen) atoms. The highest BCUT2D eigenvalue weighted by atomic mass is 16.6. The Morgan fingerprint density at radius 2 is 0.612 bits per heavy atom. The number of hydrogen-bond acceptors (Lipinski definition) is 21. The first-order valence-electron chi connectivity index (χ1n) is 53.7. The Bertz CT molecular complexity index is 6210. The van der Waals surface area contributed by atoms with E-state index in [1.807, 2.05) is 59.9 Å². The van der Waals surface area contributed by atoms with Gasteiger partial charge in [0.05, 0.1) is 19.3 Å². The Labute approximate surface area is 865 Å². The van der Waals surface area contributed by atoms with Crippen molar-refractivity contribution in [2.75, 3.05) is 0 Å². The second-order valence-electron chi connectivity index (χ2n) is 49.0. The molecule has 20 rings (SSSR count). The Hall–Kier alpha value is -11.2. The van der Waals surface area contributed by atoms with Gasteiger partial charge in [-0.1, -0.05) is 94.6 Å². The van der Waals surface area contributed by atoms with Crippen molar-refractivity contribution in [3.8, 4) is 90.5 Å². The van der Waals surface area contributed by atoms with Crippen molar-refractivity contribution < 1.29 is 108 Å². The van der Waals surface area contributed by atoms with Crippen LogP contribution < -0.4 is 35.3 Å². The zero-order valence-electron chi connectivity index (χ0n) is 87.1. The standard InChI is InChI=1S/C49H59NO8.C44H51NO6.C20H24O2.C9H15NO6/c1-8-48(54)24-20-39-37-14-10-29-26-31(12-16-33(29)35(37)18-22-46(39,48)6)56-42(51)28-41(50-44(53)58-45(3,4)5)43(52)57-32-13-17-34-30(27-32)11-15-38-36(34)19-23-47(7)40(38)21-25-49(47,55)9-2;1-5-43(48)21-17-36-34-11-7-26-23-28(9-13-30(26)32(34)15-19-41(36,43)3)50-39(46)25-38(45)40(47)51-29-10-14-31-27(24-29)8-12-35-33(31)16-20-42(4)37(35)18-22-44(42,49)6-2;1-3-20(22)11-9-18-17-6-4-13-12-14(21)5-7-15(13)16(17)8-10-19(18,20)2;1-9(2,3)16-8(15)10-5(7(13)14)4-6(11)12/h1-2,12-13,16-17,26-27,35-41,54-55H,10-11,14-15,18-25,28H2,3-7H3,(H,50,53);1-2,9-10,13-14,23-24,32-38,48-49H,7-8,11-12,15-22,25,45H2,3-4H3;1,5,7,12,16-18,21-22H,4,6,8-11H2,2H3;5H,4H2,1-3H3,(H,10,15)(H,11,12)(H,13,14)/t35?,36?,37?,38?,39?,40?,41?,46-,47-,48-,49-;32?,33?,34?,35?,36?,37?,38?,41-,42-,43-,44-;16?,17?,18?,19-,20-;5-/m0000/s1. The first-order chi connectivity index (χ1) is 69.3.